The highest BCUT2D eigenvalue weighted by Crippen LogP contribution is 2.25. The second-order valence-corrected chi connectivity index (χ2v) is 6.81. The van der Waals surface area contributed by atoms with E-state index in [1.54, 1.807) is 6.92 Å². The molecule has 0 saturated heterocycles. The number of anilines is 1. The molecule has 0 atom stereocenters. The first-order valence-electron chi connectivity index (χ1n) is 6.52. The van der Waals surface area contributed by atoms with Crippen molar-refractivity contribution in [1.82, 2.24) is 9.21 Å². The van der Waals surface area contributed by atoms with E-state index >= 15 is 0 Å². The van der Waals surface area contributed by atoms with E-state index in [0.717, 1.165) is 13.0 Å². The summed E-state index contributed by atoms with van der Waals surface area (Å²) >= 11 is 0. The van der Waals surface area contributed by atoms with Gasteiger partial charge in [-0.25, -0.2) is 8.42 Å². The molecule has 6 nitrogen and oxygen atoms in total. The number of nitrogens with zero attached hydrogens (tertiary/aromatic N) is 2. The molecule has 1 aromatic rings. The molecule has 0 bridgehead atoms. The van der Waals surface area contributed by atoms with Gasteiger partial charge in [-0.05, 0) is 45.3 Å². The largest absolute Gasteiger partial charge is 0.506 e. The second-order valence-electron chi connectivity index (χ2n) is 4.87. The molecule has 0 radical (unpaired) electrons. The van der Waals surface area contributed by atoms with Crippen LogP contribution in [0.1, 0.15) is 13.3 Å². The van der Waals surface area contributed by atoms with Gasteiger partial charge in [0.1, 0.15) is 5.75 Å². The van der Waals surface area contributed by atoms with Crippen LogP contribution in [0.5, 0.6) is 5.75 Å². The van der Waals surface area contributed by atoms with Crippen LogP contribution in [-0.4, -0.2) is 56.5 Å². The summed E-state index contributed by atoms with van der Waals surface area (Å²) in [5.74, 6) is -0.111. The van der Waals surface area contributed by atoms with Crippen LogP contribution in [0.25, 0.3) is 0 Å². The highest BCUT2D eigenvalue weighted by molar-refractivity contribution is 7.89. The molecule has 0 spiro atoms. The first-order valence-corrected chi connectivity index (χ1v) is 7.96. The highest BCUT2D eigenvalue weighted by Gasteiger charge is 2.23. The average Bonchev–Trinajstić information content (AvgIpc) is 2.37. The summed E-state index contributed by atoms with van der Waals surface area (Å²) in [5.41, 5.74) is 5.62. The first kappa shape index (κ1) is 16.7. The Morgan fingerprint density at radius 3 is 2.40 bits per heavy atom. The molecule has 0 saturated carbocycles. The van der Waals surface area contributed by atoms with E-state index in [-0.39, 0.29) is 16.3 Å². The zero-order valence-corrected chi connectivity index (χ0v) is 13.0. The van der Waals surface area contributed by atoms with Crippen molar-refractivity contribution >= 4 is 15.7 Å². The molecule has 0 fully saturated rings. The Labute approximate surface area is 120 Å². The van der Waals surface area contributed by atoms with Gasteiger partial charge in [0, 0.05) is 13.1 Å². The number of rotatable bonds is 7. The van der Waals surface area contributed by atoms with Gasteiger partial charge in [0.15, 0.2) is 0 Å². The molecular formula is C13H23N3O3S. The van der Waals surface area contributed by atoms with Gasteiger partial charge in [-0.2, -0.15) is 4.31 Å². The molecule has 1 aromatic carbocycles. The van der Waals surface area contributed by atoms with Crippen LogP contribution in [0, 0.1) is 0 Å². The molecule has 3 N–H and O–H groups in total. The van der Waals surface area contributed by atoms with Crippen LogP contribution < -0.4 is 5.73 Å². The predicted octanol–water partition coefficient (Wildman–Crippen LogP) is 0.937. The first-order chi connectivity index (χ1) is 9.28. The fourth-order valence-electron chi connectivity index (χ4n) is 1.85. The second kappa shape index (κ2) is 6.92. The maximum absolute atomic E-state index is 12.5. The van der Waals surface area contributed by atoms with Gasteiger partial charge in [0.05, 0.1) is 10.6 Å². The number of aromatic hydroxyl groups is 1. The molecule has 0 heterocycles. The third-order valence-electron chi connectivity index (χ3n) is 3.00. The molecule has 1 rings (SSSR count). The Balaban J connectivity index is 2.91. The summed E-state index contributed by atoms with van der Waals surface area (Å²) < 4.78 is 26.4. The van der Waals surface area contributed by atoms with E-state index in [0.29, 0.717) is 13.1 Å². The van der Waals surface area contributed by atoms with E-state index in [1.165, 1.54) is 22.5 Å². The fraction of sp³-hybridized carbons (Fsp3) is 0.538. The molecule has 0 aliphatic heterocycles. The van der Waals surface area contributed by atoms with Crippen molar-refractivity contribution in [2.45, 2.75) is 18.2 Å². The number of sulfonamides is 1. The number of nitrogens with two attached hydrogens (primary N) is 1. The lowest BCUT2D eigenvalue weighted by Gasteiger charge is -2.21. The van der Waals surface area contributed by atoms with E-state index in [2.05, 4.69) is 0 Å². The van der Waals surface area contributed by atoms with Gasteiger partial charge in [-0.3, -0.25) is 0 Å². The van der Waals surface area contributed by atoms with Crippen molar-refractivity contribution in [2.24, 2.45) is 0 Å². The van der Waals surface area contributed by atoms with Gasteiger partial charge in [-0.1, -0.05) is 6.92 Å². The SMILES string of the molecule is CCN(CCCN(C)C)S(=O)(=O)c1ccc(O)c(N)c1. The Morgan fingerprint density at radius 2 is 1.90 bits per heavy atom. The van der Waals surface area contributed by atoms with Crippen LogP contribution in [-0.2, 0) is 10.0 Å². The summed E-state index contributed by atoms with van der Waals surface area (Å²) in [7, 11) is 0.335. The molecule has 0 unspecified atom stereocenters. The Kier molecular flexibility index (Phi) is 5.79. The molecule has 0 aromatic heterocycles. The lowest BCUT2D eigenvalue weighted by atomic mass is 10.3. The predicted molar refractivity (Wildman–Crippen MR) is 80.1 cm³/mol. The molecule has 7 heteroatoms. The minimum absolute atomic E-state index is 0.0652. The van der Waals surface area contributed by atoms with Crippen molar-refractivity contribution in [2.75, 3.05) is 39.5 Å². The van der Waals surface area contributed by atoms with Gasteiger partial charge < -0.3 is 15.7 Å². The molecule has 0 aliphatic carbocycles. The maximum Gasteiger partial charge on any atom is 0.243 e. The van der Waals surface area contributed by atoms with Crippen molar-refractivity contribution < 1.29 is 13.5 Å². The minimum atomic E-state index is -3.56. The van der Waals surface area contributed by atoms with E-state index in [1.807, 2.05) is 19.0 Å². The van der Waals surface area contributed by atoms with Crippen LogP contribution in [0.3, 0.4) is 0 Å². The standard InChI is InChI=1S/C13H23N3O3S/c1-4-16(9-5-8-15(2)3)20(18,19)11-6-7-13(17)12(14)10-11/h6-7,10,17H,4-5,8-9,14H2,1-3H3. The fourth-order valence-corrected chi connectivity index (χ4v) is 3.38. The third kappa shape index (κ3) is 4.09. The van der Waals surface area contributed by atoms with Crippen LogP contribution >= 0.6 is 0 Å². The lowest BCUT2D eigenvalue weighted by molar-refractivity contribution is 0.356. The molecule has 0 amide bonds. The smallest absolute Gasteiger partial charge is 0.243 e. The van der Waals surface area contributed by atoms with Gasteiger partial charge in [0.25, 0.3) is 0 Å². The Morgan fingerprint density at radius 1 is 1.25 bits per heavy atom. The number of benzene rings is 1. The minimum Gasteiger partial charge on any atom is -0.506 e. The molecular weight excluding hydrogens is 278 g/mol. The topological polar surface area (TPSA) is 86.9 Å². The van der Waals surface area contributed by atoms with E-state index in [9.17, 15) is 13.5 Å². The number of hydrogen-bond acceptors (Lipinski definition) is 5. The Bertz CT molecular complexity index is 544. The van der Waals surface area contributed by atoms with E-state index < -0.39 is 10.0 Å². The highest BCUT2D eigenvalue weighted by atomic mass is 32.2. The maximum atomic E-state index is 12.5. The number of hydrogen-bond donors (Lipinski definition) is 2. The monoisotopic (exact) mass is 301 g/mol. The Hall–Kier alpha value is -1.31. The normalized spacial score (nSPS) is 12.2. The van der Waals surface area contributed by atoms with Gasteiger partial charge in [-0.15, -0.1) is 0 Å². The third-order valence-corrected chi connectivity index (χ3v) is 4.97. The van der Waals surface area contributed by atoms with Crippen molar-refractivity contribution in [3.8, 4) is 5.75 Å². The number of phenols is 1. The van der Waals surface area contributed by atoms with Crippen LogP contribution in [0.4, 0.5) is 5.69 Å². The molecule has 20 heavy (non-hydrogen) atoms. The summed E-state index contributed by atoms with van der Waals surface area (Å²) in [5, 5.41) is 9.37. The average molecular weight is 301 g/mol. The quantitative estimate of drug-likeness (QED) is 0.578. The van der Waals surface area contributed by atoms with Gasteiger partial charge in [0.2, 0.25) is 10.0 Å². The van der Waals surface area contributed by atoms with Crippen molar-refractivity contribution in [1.29, 1.82) is 0 Å². The molecule has 114 valence electrons. The number of nitrogen functional groups attached to an aromatic ring is 1. The summed E-state index contributed by atoms with van der Waals surface area (Å²) in [6.45, 7) is 3.48. The van der Waals surface area contributed by atoms with Gasteiger partial charge >= 0.3 is 0 Å². The summed E-state index contributed by atoms with van der Waals surface area (Å²) in [6, 6.07) is 3.96. The zero-order chi connectivity index (χ0) is 15.3. The lowest BCUT2D eigenvalue weighted by Crippen LogP contribution is -2.33. The summed E-state index contributed by atoms with van der Waals surface area (Å²) in [6.07, 6.45) is 0.758. The van der Waals surface area contributed by atoms with Crippen molar-refractivity contribution in [3.63, 3.8) is 0 Å². The summed E-state index contributed by atoms with van der Waals surface area (Å²) in [4.78, 5) is 2.12. The van der Waals surface area contributed by atoms with E-state index in [4.69, 9.17) is 5.73 Å². The zero-order valence-electron chi connectivity index (χ0n) is 12.2. The van der Waals surface area contributed by atoms with Crippen LogP contribution in [0.15, 0.2) is 23.1 Å². The van der Waals surface area contributed by atoms with Crippen LogP contribution in [0.2, 0.25) is 0 Å². The van der Waals surface area contributed by atoms with Crippen molar-refractivity contribution in [3.05, 3.63) is 18.2 Å². The molecule has 0 aliphatic rings. The number of phenolic OH excluding ortho intramolecular Hbond substituents is 1.